The first-order valence-corrected chi connectivity index (χ1v) is 10.5. The van der Waals surface area contributed by atoms with E-state index in [2.05, 4.69) is 10.3 Å². The molecular weight excluding hydrogens is 386 g/mol. The first-order chi connectivity index (χ1) is 13.7. The van der Waals surface area contributed by atoms with Crippen molar-refractivity contribution in [2.24, 2.45) is 0 Å². The minimum absolute atomic E-state index is 0.142. The number of nitrogens with zero attached hydrogens (tertiary/aromatic N) is 2. The van der Waals surface area contributed by atoms with Gasteiger partial charge >= 0.3 is 0 Å². The normalized spacial score (nSPS) is 11.2. The number of thiophene rings is 1. The number of hydrogen-bond donors (Lipinski definition) is 1. The molecule has 4 nitrogen and oxygen atoms in total. The van der Waals surface area contributed by atoms with Crippen LogP contribution in [0.1, 0.15) is 15.4 Å². The van der Waals surface area contributed by atoms with Gasteiger partial charge in [-0.2, -0.15) is 0 Å². The van der Waals surface area contributed by atoms with Crippen LogP contribution in [0.2, 0.25) is 0 Å². The number of carbonyl (C=O) groups is 1. The van der Waals surface area contributed by atoms with Gasteiger partial charge in [-0.1, -0.05) is 24.3 Å². The first-order valence-electron chi connectivity index (χ1n) is 8.79. The molecule has 3 heterocycles. The molecule has 0 bridgehead atoms. The Labute approximate surface area is 169 Å². The molecule has 0 saturated heterocycles. The highest BCUT2D eigenvalue weighted by Crippen LogP contribution is 2.29. The minimum Gasteiger partial charge on any atom is -0.322 e. The Kier molecular flexibility index (Phi) is 4.15. The Bertz CT molecular complexity index is 1320. The van der Waals surface area contributed by atoms with Crippen molar-refractivity contribution in [3.05, 3.63) is 76.6 Å². The van der Waals surface area contributed by atoms with Gasteiger partial charge in [0.15, 0.2) is 0 Å². The van der Waals surface area contributed by atoms with Crippen LogP contribution in [0.3, 0.4) is 0 Å². The molecule has 3 aromatic heterocycles. The molecule has 0 aliphatic carbocycles. The van der Waals surface area contributed by atoms with E-state index in [1.54, 1.807) is 22.7 Å². The molecular formula is C22H15N3OS2. The Hall–Kier alpha value is -3.09. The Morgan fingerprint density at radius 3 is 2.71 bits per heavy atom. The molecule has 1 N–H and O–H groups in total. The van der Waals surface area contributed by atoms with Crippen LogP contribution in [-0.2, 0) is 0 Å². The van der Waals surface area contributed by atoms with Crippen LogP contribution in [0.5, 0.6) is 0 Å². The summed E-state index contributed by atoms with van der Waals surface area (Å²) in [5, 5.41) is 6.91. The smallest absolute Gasteiger partial charge is 0.256 e. The van der Waals surface area contributed by atoms with Gasteiger partial charge in [0.2, 0.25) is 0 Å². The lowest BCUT2D eigenvalue weighted by Crippen LogP contribution is -2.13. The van der Waals surface area contributed by atoms with Gasteiger partial charge in [-0.05, 0) is 48.7 Å². The number of rotatable bonds is 3. The zero-order valence-corrected chi connectivity index (χ0v) is 16.6. The highest BCUT2D eigenvalue weighted by molar-refractivity contribution is 7.18. The second kappa shape index (κ2) is 6.82. The Balaban J connectivity index is 1.57. The standard InChI is InChI=1S/C22H15N3OS2/c1-13-23-18-9-8-14(11-21(18)28-13)24-22(26)16-12-19(20-7-4-10-27-20)25-17-6-3-2-5-15(16)17/h2-12H,1H3,(H,24,26). The zero-order valence-electron chi connectivity index (χ0n) is 15.0. The maximum atomic E-state index is 13.1. The quantitative estimate of drug-likeness (QED) is 0.395. The van der Waals surface area contributed by atoms with Crippen molar-refractivity contribution in [1.29, 1.82) is 0 Å². The molecule has 0 aliphatic heterocycles. The van der Waals surface area contributed by atoms with Gasteiger partial charge in [-0.3, -0.25) is 4.79 Å². The third-order valence-corrected chi connectivity index (χ3v) is 6.31. The van der Waals surface area contributed by atoms with E-state index in [0.717, 1.165) is 42.4 Å². The number of hydrogen-bond acceptors (Lipinski definition) is 5. The van der Waals surface area contributed by atoms with Crippen molar-refractivity contribution >= 4 is 55.4 Å². The van der Waals surface area contributed by atoms with Crippen molar-refractivity contribution in [3.8, 4) is 10.6 Å². The molecule has 0 atom stereocenters. The molecule has 5 aromatic rings. The van der Waals surface area contributed by atoms with Crippen molar-refractivity contribution in [1.82, 2.24) is 9.97 Å². The number of para-hydroxylation sites is 1. The summed E-state index contributed by atoms with van der Waals surface area (Å²) in [5.74, 6) is -0.142. The predicted octanol–water partition coefficient (Wildman–Crippen LogP) is 6.13. The van der Waals surface area contributed by atoms with Gasteiger partial charge < -0.3 is 5.32 Å². The van der Waals surface area contributed by atoms with E-state index in [0.29, 0.717) is 5.56 Å². The van der Waals surface area contributed by atoms with Gasteiger partial charge in [0.25, 0.3) is 5.91 Å². The number of thiazole rings is 1. The summed E-state index contributed by atoms with van der Waals surface area (Å²) < 4.78 is 1.06. The summed E-state index contributed by atoms with van der Waals surface area (Å²) in [6.07, 6.45) is 0. The summed E-state index contributed by atoms with van der Waals surface area (Å²) >= 11 is 3.23. The van der Waals surface area contributed by atoms with Gasteiger partial charge in [0.05, 0.1) is 36.9 Å². The number of pyridine rings is 1. The minimum atomic E-state index is -0.142. The Morgan fingerprint density at radius 1 is 0.964 bits per heavy atom. The van der Waals surface area contributed by atoms with Crippen LogP contribution in [0, 0.1) is 6.92 Å². The van der Waals surface area contributed by atoms with Gasteiger partial charge in [-0.15, -0.1) is 22.7 Å². The van der Waals surface area contributed by atoms with E-state index >= 15 is 0 Å². The monoisotopic (exact) mass is 401 g/mol. The predicted molar refractivity (Wildman–Crippen MR) is 117 cm³/mol. The SMILES string of the molecule is Cc1nc2ccc(NC(=O)c3cc(-c4cccs4)nc4ccccc34)cc2s1. The van der Waals surface area contributed by atoms with E-state index < -0.39 is 0 Å². The average Bonchev–Trinajstić information content (AvgIpc) is 3.35. The van der Waals surface area contributed by atoms with Crippen molar-refractivity contribution < 1.29 is 4.79 Å². The molecule has 0 spiro atoms. The second-order valence-corrected chi connectivity index (χ2v) is 8.60. The van der Waals surface area contributed by atoms with Crippen molar-refractivity contribution in [2.75, 3.05) is 5.32 Å². The van der Waals surface area contributed by atoms with E-state index in [-0.39, 0.29) is 5.91 Å². The summed E-state index contributed by atoms with van der Waals surface area (Å²) in [5.41, 5.74) is 3.96. The van der Waals surface area contributed by atoms with E-state index in [1.807, 2.05) is 73.0 Å². The fourth-order valence-corrected chi connectivity index (χ4v) is 4.78. The Morgan fingerprint density at radius 2 is 1.86 bits per heavy atom. The molecule has 2 aromatic carbocycles. The summed E-state index contributed by atoms with van der Waals surface area (Å²) in [6, 6.07) is 19.4. The number of nitrogens with one attached hydrogen (secondary N) is 1. The fourth-order valence-electron chi connectivity index (χ4n) is 3.23. The molecule has 0 fully saturated rings. The summed E-state index contributed by atoms with van der Waals surface area (Å²) in [4.78, 5) is 23.4. The van der Waals surface area contributed by atoms with Gasteiger partial charge in [0.1, 0.15) is 0 Å². The van der Waals surface area contributed by atoms with Crippen LogP contribution in [0.4, 0.5) is 5.69 Å². The molecule has 28 heavy (non-hydrogen) atoms. The number of benzene rings is 2. The average molecular weight is 402 g/mol. The largest absolute Gasteiger partial charge is 0.322 e. The molecule has 5 rings (SSSR count). The fraction of sp³-hybridized carbons (Fsp3) is 0.0455. The molecule has 0 unspecified atom stereocenters. The maximum absolute atomic E-state index is 13.1. The second-order valence-electron chi connectivity index (χ2n) is 6.42. The number of aryl methyl sites for hydroxylation is 1. The maximum Gasteiger partial charge on any atom is 0.256 e. The van der Waals surface area contributed by atoms with E-state index in [4.69, 9.17) is 4.98 Å². The van der Waals surface area contributed by atoms with E-state index in [9.17, 15) is 4.79 Å². The van der Waals surface area contributed by atoms with Crippen LogP contribution in [-0.4, -0.2) is 15.9 Å². The first kappa shape index (κ1) is 17.0. The number of anilines is 1. The molecule has 0 radical (unpaired) electrons. The lowest BCUT2D eigenvalue weighted by molar-refractivity contribution is 0.102. The number of carbonyl (C=O) groups excluding carboxylic acids is 1. The third-order valence-electron chi connectivity index (χ3n) is 4.49. The molecule has 136 valence electrons. The number of amides is 1. The topological polar surface area (TPSA) is 54.9 Å². The van der Waals surface area contributed by atoms with Gasteiger partial charge in [0, 0.05) is 11.1 Å². The van der Waals surface area contributed by atoms with Crippen LogP contribution < -0.4 is 5.32 Å². The van der Waals surface area contributed by atoms with Crippen molar-refractivity contribution in [2.45, 2.75) is 6.92 Å². The van der Waals surface area contributed by atoms with E-state index in [1.165, 1.54) is 0 Å². The highest BCUT2D eigenvalue weighted by atomic mass is 32.1. The van der Waals surface area contributed by atoms with Crippen LogP contribution >= 0.6 is 22.7 Å². The molecule has 0 saturated carbocycles. The lowest BCUT2D eigenvalue weighted by Gasteiger charge is -2.10. The summed E-state index contributed by atoms with van der Waals surface area (Å²) in [7, 11) is 0. The highest BCUT2D eigenvalue weighted by Gasteiger charge is 2.15. The zero-order chi connectivity index (χ0) is 19.1. The molecule has 0 aliphatic rings. The van der Waals surface area contributed by atoms with Gasteiger partial charge in [-0.25, -0.2) is 9.97 Å². The number of fused-ring (bicyclic) bond motifs is 2. The lowest BCUT2D eigenvalue weighted by atomic mass is 10.1. The van der Waals surface area contributed by atoms with Crippen LogP contribution in [0.15, 0.2) is 66.0 Å². The number of aromatic nitrogens is 2. The molecule has 6 heteroatoms. The third kappa shape index (κ3) is 3.06. The van der Waals surface area contributed by atoms with Crippen molar-refractivity contribution in [3.63, 3.8) is 0 Å². The molecule has 1 amide bonds. The van der Waals surface area contributed by atoms with Crippen LogP contribution in [0.25, 0.3) is 31.7 Å². The summed E-state index contributed by atoms with van der Waals surface area (Å²) in [6.45, 7) is 1.98.